The first kappa shape index (κ1) is 13.3. The lowest BCUT2D eigenvalue weighted by Crippen LogP contribution is -2.44. The fraction of sp³-hybridized carbons (Fsp3) is 1.00. The summed E-state index contributed by atoms with van der Waals surface area (Å²) in [4.78, 5) is 5.15. The van der Waals surface area contributed by atoms with Gasteiger partial charge in [0.05, 0.1) is 0 Å². The van der Waals surface area contributed by atoms with Gasteiger partial charge in [0, 0.05) is 25.7 Å². The second kappa shape index (κ2) is 5.68. The number of hydrogen-bond acceptors (Lipinski definition) is 3. The summed E-state index contributed by atoms with van der Waals surface area (Å²) in [5.74, 6) is 0. The fourth-order valence-electron chi connectivity index (χ4n) is 3.33. The van der Waals surface area contributed by atoms with Crippen LogP contribution in [0.1, 0.15) is 33.1 Å². The molecular weight excluding hydrogens is 210 g/mol. The molecule has 100 valence electrons. The lowest BCUT2D eigenvalue weighted by Gasteiger charge is -2.39. The van der Waals surface area contributed by atoms with Gasteiger partial charge in [0.1, 0.15) is 0 Å². The van der Waals surface area contributed by atoms with Crippen LogP contribution in [-0.4, -0.2) is 62.2 Å². The van der Waals surface area contributed by atoms with Crippen molar-refractivity contribution in [2.45, 2.75) is 39.2 Å². The molecule has 2 aliphatic rings. The summed E-state index contributed by atoms with van der Waals surface area (Å²) in [6, 6.07) is 0.620. The normalized spacial score (nSPS) is 26.1. The monoisotopic (exact) mass is 239 g/mol. The van der Waals surface area contributed by atoms with Crippen LogP contribution in [-0.2, 0) is 0 Å². The molecule has 0 aromatic rings. The first-order chi connectivity index (χ1) is 8.10. The van der Waals surface area contributed by atoms with Crippen molar-refractivity contribution in [2.75, 3.05) is 46.3 Å². The van der Waals surface area contributed by atoms with Gasteiger partial charge in [0.2, 0.25) is 0 Å². The number of nitrogens with zero attached hydrogens (tertiary/aromatic N) is 2. The highest BCUT2D eigenvalue weighted by molar-refractivity contribution is 4.92. The molecule has 0 aromatic carbocycles. The third-order valence-electron chi connectivity index (χ3n) is 4.53. The summed E-state index contributed by atoms with van der Waals surface area (Å²) in [5, 5.41) is 3.51. The molecule has 0 atom stereocenters. The topological polar surface area (TPSA) is 18.5 Å². The highest BCUT2D eigenvalue weighted by Crippen LogP contribution is 2.39. The van der Waals surface area contributed by atoms with Crippen LogP contribution < -0.4 is 5.32 Å². The summed E-state index contributed by atoms with van der Waals surface area (Å²) in [5.41, 5.74) is 0.677. The van der Waals surface area contributed by atoms with Crippen molar-refractivity contribution in [2.24, 2.45) is 5.41 Å². The van der Waals surface area contributed by atoms with E-state index in [9.17, 15) is 0 Å². The van der Waals surface area contributed by atoms with Crippen LogP contribution in [0.2, 0.25) is 0 Å². The van der Waals surface area contributed by atoms with Crippen molar-refractivity contribution in [3.63, 3.8) is 0 Å². The second-order valence-electron chi connectivity index (χ2n) is 6.44. The maximum atomic E-state index is 3.51. The third kappa shape index (κ3) is 3.67. The Hall–Kier alpha value is -0.120. The Morgan fingerprint density at radius 2 is 1.76 bits per heavy atom. The summed E-state index contributed by atoms with van der Waals surface area (Å²) in [6.45, 7) is 12.1. The first-order valence-electron chi connectivity index (χ1n) is 7.24. The van der Waals surface area contributed by atoms with Crippen LogP contribution in [0.3, 0.4) is 0 Å². The minimum atomic E-state index is 0.620. The van der Waals surface area contributed by atoms with Gasteiger partial charge in [-0.2, -0.15) is 0 Å². The molecule has 0 saturated carbocycles. The van der Waals surface area contributed by atoms with Gasteiger partial charge >= 0.3 is 0 Å². The molecule has 2 heterocycles. The number of likely N-dealkylation sites (tertiary alicyclic amines) is 2. The largest absolute Gasteiger partial charge is 0.313 e. The SMILES string of the molecule is CC(C)NCCN1CCC2(CCN(C)C2)CC1. The van der Waals surface area contributed by atoms with E-state index in [2.05, 4.69) is 36.0 Å². The van der Waals surface area contributed by atoms with Crippen LogP contribution in [0.4, 0.5) is 0 Å². The molecule has 2 aliphatic heterocycles. The molecule has 0 aliphatic carbocycles. The zero-order valence-electron chi connectivity index (χ0n) is 11.8. The predicted molar refractivity (Wildman–Crippen MR) is 73.4 cm³/mol. The van der Waals surface area contributed by atoms with Crippen LogP contribution in [0.25, 0.3) is 0 Å². The van der Waals surface area contributed by atoms with E-state index in [0.29, 0.717) is 11.5 Å². The van der Waals surface area contributed by atoms with Gasteiger partial charge in [-0.1, -0.05) is 13.8 Å². The average Bonchev–Trinajstić information content (AvgIpc) is 2.63. The van der Waals surface area contributed by atoms with E-state index in [0.717, 1.165) is 6.54 Å². The van der Waals surface area contributed by atoms with Gasteiger partial charge in [-0.15, -0.1) is 0 Å². The molecule has 0 aromatic heterocycles. The Morgan fingerprint density at radius 3 is 2.29 bits per heavy atom. The standard InChI is InChI=1S/C14H29N3/c1-13(2)15-7-11-17-9-5-14(6-10-17)4-8-16(3)12-14/h13,15H,4-12H2,1-3H3. The summed E-state index contributed by atoms with van der Waals surface area (Å²) in [6.07, 6.45) is 4.26. The molecule has 0 radical (unpaired) electrons. The number of piperidine rings is 1. The van der Waals surface area contributed by atoms with Gasteiger partial charge in [-0.25, -0.2) is 0 Å². The van der Waals surface area contributed by atoms with Gasteiger partial charge in [-0.3, -0.25) is 0 Å². The van der Waals surface area contributed by atoms with E-state index in [1.807, 2.05) is 0 Å². The van der Waals surface area contributed by atoms with Gasteiger partial charge in [0.25, 0.3) is 0 Å². The van der Waals surface area contributed by atoms with Gasteiger partial charge in [-0.05, 0) is 51.4 Å². The van der Waals surface area contributed by atoms with E-state index >= 15 is 0 Å². The Balaban J connectivity index is 1.67. The van der Waals surface area contributed by atoms with E-state index in [-0.39, 0.29) is 0 Å². The van der Waals surface area contributed by atoms with E-state index in [1.54, 1.807) is 0 Å². The zero-order valence-corrected chi connectivity index (χ0v) is 11.8. The van der Waals surface area contributed by atoms with Crippen molar-refractivity contribution < 1.29 is 0 Å². The van der Waals surface area contributed by atoms with Crippen LogP contribution >= 0.6 is 0 Å². The molecule has 0 unspecified atom stereocenters. The minimum absolute atomic E-state index is 0.620. The molecule has 1 spiro atoms. The summed E-state index contributed by atoms with van der Waals surface area (Å²) in [7, 11) is 2.27. The van der Waals surface area contributed by atoms with E-state index in [1.165, 1.54) is 52.0 Å². The Morgan fingerprint density at radius 1 is 1.12 bits per heavy atom. The molecular formula is C14H29N3. The predicted octanol–water partition coefficient (Wildman–Crippen LogP) is 1.40. The molecule has 2 saturated heterocycles. The van der Waals surface area contributed by atoms with E-state index < -0.39 is 0 Å². The zero-order chi connectivity index (χ0) is 12.3. The number of rotatable bonds is 4. The molecule has 2 rings (SSSR count). The van der Waals surface area contributed by atoms with Crippen LogP contribution in [0.15, 0.2) is 0 Å². The molecule has 3 heteroatoms. The van der Waals surface area contributed by atoms with Gasteiger partial charge in [0.15, 0.2) is 0 Å². The molecule has 2 fully saturated rings. The first-order valence-corrected chi connectivity index (χ1v) is 7.24. The average molecular weight is 239 g/mol. The maximum Gasteiger partial charge on any atom is 0.0107 e. The summed E-state index contributed by atoms with van der Waals surface area (Å²) >= 11 is 0. The van der Waals surface area contributed by atoms with Crippen molar-refractivity contribution in [3.05, 3.63) is 0 Å². The summed E-state index contributed by atoms with van der Waals surface area (Å²) < 4.78 is 0. The van der Waals surface area contributed by atoms with Crippen molar-refractivity contribution in [3.8, 4) is 0 Å². The highest BCUT2D eigenvalue weighted by atomic mass is 15.2. The Bertz CT molecular complexity index is 232. The van der Waals surface area contributed by atoms with Crippen LogP contribution in [0, 0.1) is 5.41 Å². The quantitative estimate of drug-likeness (QED) is 0.800. The Kier molecular flexibility index (Phi) is 4.45. The lowest BCUT2D eigenvalue weighted by atomic mass is 9.78. The number of hydrogen-bond donors (Lipinski definition) is 1. The second-order valence-corrected chi connectivity index (χ2v) is 6.44. The Labute approximate surface area is 107 Å². The van der Waals surface area contributed by atoms with Crippen molar-refractivity contribution in [1.29, 1.82) is 0 Å². The smallest absolute Gasteiger partial charge is 0.0107 e. The maximum absolute atomic E-state index is 3.51. The lowest BCUT2D eigenvalue weighted by molar-refractivity contribution is 0.111. The van der Waals surface area contributed by atoms with Crippen molar-refractivity contribution in [1.82, 2.24) is 15.1 Å². The molecule has 0 bridgehead atoms. The highest BCUT2D eigenvalue weighted by Gasteiger charge is 2.38. The fourth-order valence-corrected chi connectivity index (χ4v) is 3.33. The van der Waals surface area contributed by atoms with Crippen molar-refractivity contribution >= 4 is 0 Å². The molecule has 1 N–H and O–H groups in total. The minimum Gasteiger partial charge on any atom is -0.313 e. The molecule has 0 amide bonds. The molecule has 3 nitrogen and oxygen atoms in total. The third-order valence-corrected chi connectivity index (χ3v) is 4.53. The van der Waals surface area contributed by atoms with E-state index in [4.69, 9.17) is 0 Å². The van der Waals surface area contributed by atoms with Crippen LogP contribution in [0.5, 0.6) is 0 Å². The number of nitrogens with one attached hydrogen (secondary N) is 1. The molecule has 17 heavy (non-hydrogen) atoms. The van der Waals surface area contributed by atoms with Gasteiger partial charge < -0.3 is 15.1 Å².